The first-order chi connectivity index (χ1) is 6.75. The lowest BCUT2D eigenvalue weighted by atomic mass is 10.3. The Morgan fingerprint density at radius 1 is 1.50 bits per heavy atom. The minimum Gasteiger partial charge on any atom is -0.304 e. The first-order valence-corrected chi connectivity index (χ1v) is 4.27. The summed E-state index contributed by atoms with van der Waals surface area (Å²) in [6.45, 7) is 1.91. The lowest BCUT2D eigenvalue weighted by Gasteiger charge is -2.00. The SMILES string of the molecule is Cc1cc2ncc3c(n2n1)N=NC3N. The zero-order valence-electron chi connectivity index (χ0n) is 7.55. The number of rotatable bonds is 0. The van der Waals surface area contributed by atoms with Crippen LogP contribution in [0, 0.1) is 6.92 Å². The van der Waals surface area contributed by atoms with E-state index in [9.17, 15) is 0 Å². The molecule has 70 valence electrons. The lowest BCUT2D eigenvalue weighted by Crippen LogP contribution is -2.05. The molecule has 1 aliphatic rings. The maximum atomic E-state index is 5.70. The van der Waals surface area contributed by atoms with E-state index in [1.165, 1.54) is 0 Å². The first-order valence-electron chi connectivity index (χ1n) is 4.27. The fourth-order valence-electron chi connectivity index (χ4n) is 1.54. The molecule has 0 spiro atoms. The highest BCUT2D eigenvalue weighted by Crippen LogP contribution is 2.31. The molecule has 3 heterocycles. The Morgan fingerprint density at radius 3 is 3.21 bits per heavy atom. The number of aromatic nitrogens is 3. The van der Waals surface area contributed by atoms with E-state index in [-0.39, 0.29) is 0 Å². The van der Waals surface area contributed by atoms with Gasteiger partial charge in [0.2, 0.25) is 0 Å². The van der Waals surface area contributed by atoms with Crippen LogP contribution in [0.4, 0.5) is 5.82 Å². The van der Waals surface area contributed by atoms with Gasteiger partial charge in [0.05, 0.1) is 11.3 Å². The van der Waals surface area contributed by atoms with Gasteiger partial charge in [0.25, 0.3) is 0 Å². The molecule has 14 heavy (non-hydrogen) atoms. The van der Waals surface area contributed by atoms with Crippen LogP contribution in [0.15, 0.2) is 22.5 Å². The van der Waals surface area contributed by atoms with Crippen LogP contribution >= 0.6 is 0 Å². The van der Waals surface area contributed by atoms with E-state index < -0.39 is 6.17 Å². The number of aryl methyl sites for hydroxylation is 1. The van der Waals surface area contributed by atoms with Crippen molar-refractivity contribution in [2.75, 3.05) is 0 Å². The van der Waals surface area contributed by atoms with Gasteiger partial charge in [0.15, 0.2) is 11.5 Å². The van der Waals surface area contributed by atoms with Crippen LogP contribution in [0.25, 0.3) is 5.65 Å². The highest BCUT2D eigenvalue weighted by atomic mass is 15.4. The van der Waals surface area contributed by atoms with Crippen molar-refractivity contribution >= 4 is 11.5 Å². The monoisotopic (exact) mass is 188 g/mol. The molecule has 0 radical (unpaired) electrons. The zero-order chi connectivity index (χ0) is 9.71. The summed E-state index contributed by atoms with van der Waals surface area (Å²) >= 11 is 0. The number of nitrogens with two attached hydrogens (primary N) is 1. The first kappa shape index (κ1) is 7.57. The summed E-state index contributed by atoms with van der Waals surface area (Å²) in [5.74, 6) is 0.690. The molecule has 0 fully saturated rings. The van der Waals surface area contributed by atoms with Gasteiger partial charge in [0.1, 0.15) is 6.17 Å². The summed E-state index contributed by atoms with van der Waals surface area (Å²) in [4.78, 5) is 4.22. The van der Waals surface area contributed by atoms with Crippen LogP contribution in [0.5, 0.6) is 0 Å². The third-order valence-electron chi connectivity index (χ3n) is 2.20. The molecule has 0 saturated carbocycles. The molecule has 3 rings (SSSR count). The fraction of sp³-hybridized carbons (Fsp3) is 0.250. The van der Waals surface area contributed by atoms with Crippen LogP contribution < -0.4 is 5.73 Å². The standard InChI is InChI=1S/C8H8N6/c1-4-2-6-10-3-5-7(9)11-12-8(5)14(6)13-4/h2-3,7H,9H2,1H3. The van der Waals surface area contributed by atoms with Gasteiger partial charge < -0.3 is 5.73 Å². The number of nitrogens with zero attached hydrogens (tertiary/aromatic N) is 5. The molecule has 2 aromatic rings. The molecule has 0 bridgehead atoms. The highest BCUT2D eigenvalue weighted by molar-refractivity contribution is 5.52. The Morgan fingerprint density at radius 2 is 2.36 bits per heavy atom. The molecular weight excluding hydrogens is 180 g/mol. The average molecular weight is 188 g/mol. The maximum absolute atomic E-state index is 5.70. The molecule has 2 N–H and O–H groups in total. The van der Waals surface area contributed by atoms with Crippen molar-refractivity contribution in [1.29, 1.82) is 0 Å². The number of hydrogen-bond donors (Lipinski definition) is 1. The minimum absolute atomic E-state index is 0.397. The van der Waals surface area contributed by atoms with E-state index in [4.69, 9.17) is 5.73 Å². The minimum atomic E-state index is -0.397. The second kappa shape index (κ2) is 2.36. The van der Waals surface area contributed by atoms with Crippen molar-refractivity contribution < 1.29 is 0 Å². The molecule has 1 atom stereocenters. The smallest absolute Gasteiger partial charge is 0.185 e. The number of hydrogen-bond acceptors (Lipinski definition) is 5. The van der Waals surface area contributed by atoms with Gasteiger partial charge in [0, 0.05) is 12.3 Å². The Bertz CT molecular complexity index is 540. The van der Waals surface area contributed by atoms with Gasteiger partial charge in [-0.2, -0.15) is 14.7 Å². The van der Waals surface area contributed by atoms with E-state index >= 15 is 0 Å². The third kappa shape index (κ3) is 0.828. The van der Waals surface area contributed by atoms with Gasteiger partial charge in [-0.25, -0.2) is 4.98 Å². The molecule has 1 unspecified atom stereocenters. The van der Waals surface area contributed by atoms with Crippen molar-refractivity contribution in [2.45, 2.75) is 13.1 Å². The summed E-state index contributed by atoms with van der Waals surface area (Å²) in [6, 6.07) is 1.89. The van der Waals surface area contributed by atoms with Gasteiger partial charge >= 0.3 is 0 Å². The third-order valence-corrected chi connectivity index (χ3v) is 2.20. The van der Waals surface area contributed by atoms with E-state index in [0.717, 1.165) is 16.9 Å². The molecule has 0 saturated heterocycles. The van der Waals surface area contributed by atoms with Gasteiger partial charge in [-0.15, -0.1) is 5.11 Å². The predicted octanol–water partition coefficient (Wildman–Crippen LogP) is 1.09. The van der Waals surface area contributed by atoms with Crippen LogP contribution in [-0.4, -0.2) is 14.6 Å². The van der Waals surface area contributed by atoms with Crippen molar-refractivity contribution in [3.8, 4) is 0 Å². The largest absolute Gasteiger partial charge is 0.304 e. The normalized spacial score (nSPS) is 19.1. The van der Waals surface area contributed by atoms with Crippen molar-refractivity contribution in [3.05, 3.63) is 23.5 Å². The summed E-state index contributed by atoms with van der Waals surface area (Å²) in [5.41, 5.74) is 8.20. The van der Waals surface area contributed by atoms with Crippen LogP contribution in [-0.2, 0) is 0 Å². The molecule has 0 amide bonds. The highest BCUT2D eigenvalue weighted by Gasteiger charge is 2.20. The van der Waals surface area contributed by atoms with Crippen LogP contribution in [0.2, 0.25) is 0 Å². The van der Waals surface area contributed by atoms with Gasteiger partial charge in [-0.05, 0) is 6.92 Å². The zero-order valence-corrected chi connectivity index (χ0v) is 7.55. The molecule has 1 aliphatic heterocycles. The Labute approximate surface area is 79.5 Å². The second-order valence-corrected chi connectivity index (χ2v) is 3.25. The van der Waals surface area contributed by atoms with Crippen molar-refractivity contribution in [2.24, 2.45) is 16.0 Å². The summed E-state index contributed by atoms with van der Waals surface area (Å²) in [5, 5.41) is 12.1. The van der Waals surface area contributed by atoms with Crippen molar-refractivity contribution in [3.63, 3.8) is 0 Å². The quantitative estimate of drug-likeness (QED) is 0.671. The fourth-order valence-corrected chi connectivity index (χ4v) is 1.54. The van der Waals surface area contributed by atoms with E-state index in [0.29, 0.717) is 5.82 Å². The number of fused-ring (bicyclic) bond motifs is 3. The predicted molar refractivity (Wildman–Crippen MR) is 49.2 cm³/mol. The Balaban J connectivity index is 2.42. The molecule has 6 nitrogen and oxygen atoms in total. The molecule has 6 heteroatoms. The maximum Gasteiger partial charge on any atom is 0.185 e. The lowest BCUT2D eigenvalue weighted by molar-refractivity contribution is 0.765. The van der Waals surface area contributed by atoms with Gasteiger partial charge in [-0.1, -0.05) is 0 Å². The average Bonchev–Trinajstić information content (AvgIpc) is 2.68. The molecule has 2 aromatic heterocycles. The Hall–Kier alpha value is -1.82. The van der Waals surface area contributed by atoms with Crippen LogP contribution in [0.3, 0.4) is 0 Å². The molecule has 0 aliphatic carbocycles. The second-order valence-electron chi connectivity index (χ2n) is 3.25. The van der Waals surface area contributed by atoms with E-state index in [1.807, 2.05) is 13.0 Å². The van der Waals surface area contributed by atoms with E-state index in [2.05, 4.69) is 20.3 Å². The summed E-state index contributed by atoms with van der Waals surface area (Å²) in [7, 11) is 0. The number of azo groups is 1. The molecule has 0 aromatic carbocycles. The summed E-state index contributed by atoms with van der Waals surface area (Å²) in [6.07, 6.45) is 1.31. The summed E-state index contributed by atoms with van der Waals surface area (Å²) < 4.78 is 1.67. The van der Waals surface area contributed by atoms with Crippen LogP contribution in [0.1, 0.15) is 17.4 Å². The van der Waals surface area contributed by atoms with Crippen molar-refractivity contribution in [1.82, 2.24) is 14.6 Å². The molecular formula is C8H8N6. The van der Waals surface area contributed by atoms with Gasteiger partial charge in [-0.3, -0.25) is 0 Å². The Kier molecular flexibility index (Phi) is 1.27. The van der Waals surface area contributed by atoms with E-state index in [1.54, 1.807) is 10.7 Å². The topological polar surface area (TPSA) is 80.9 Å².